The van der Waals surface area contributed by atoms with Crippen molar-refractivity contribution >= 4 is 11.1 Å². The molecule has 0 bridgehead atoms. The topological polar surface area (TPSA) is 80.9 Å². The molecule has 0 radical (unpaired) electrons. The molecule has 126 valence electrons. The predicted molar refractivity (Wildman–Crippen MR) is 93.5 cm³/mol. The van der Waals surface area contributed by atoms with Crippen LogP contribution in [0.15, 0.2) is 47.6 Å². The van der Waals surface area contributed by atoms with Crippen molar-refractivity contribution in [3.05, 3.63) is 69.8 Å². The van der Waals surface area contributed by atoms with Crippen LogP contribution in [0.4, 0.5) is 0 Å². The van der Waals surface area contributed by atoms with Crippen LogP contribution in [-0.2, 0) is 11.6 Å². The van der Waals surface area contributed by atoms with Gasteiger partial charge in [-0.3, -0.25) is 0 Å². The minimum atomic E-state index is -2.09. The molecular formula is C20H22O4. The lowest BCUT2D eigenvalue weighted by Gasteiger charge is -2.21. The number of fused-ring (bicyclic) bond motifs is 2. The van der Waals surface area contributed by atoms with Gasteiger partial charge in [-0.05, 0) is 62.1 Å². The summed E-state index contributed by atoms with van der Waals surface area (Å²) in [6, 6.07) is 3.30. The lowest BCUT2D eigenvalue weighted by molar-refractivity contribution is -0.132. The van der Waals surface area contributed by atoms with E-state index in [0.29, 0.717) is 44.5 Å². The van der Waals surface area contributed by atoms with Gasteiger partial charge in [-0.2, -0.15) is 0 Å². The zero-order valence-electron chi connectivity index (χ0n) is 14.3. The number of benzene rings is 1. The Hall–Kier alpha value is -1.98. The van der Waals surface area contributed by atoms with Crippen molar-refractivity contribution in [3.8, 4) is 0 Å². The lowest BCUT2D eigenvalue weighted by Crippen LogP contribution is -2.25. The second-order valence-electron chi connectivity index (χ2n) is 6.23. The van der Waals surface area contributed by atoms with Gasteiger partial charge in [0.15, 0.2) is 0 Å². The van der Waals surface area contributed by atoms with E-state index in [4.69, 9.17) is 0 Å². The van der Waals surface area contributed by atoms with Gasteiger partial charge in [0.05, 0.1) is 0 Å². The molecular weight excluding hydrogens is 304 g/mol. The third kappa shape index (κ3) is 1.95. The Bertz CT molecular complexity index is 849. The van der Waals surface area contributed by atoms with Crippen LogP contribution in [0.2, 0.25) is 0 Å². The van der Waals surface area contributed by atoms with E-state index < -0.39 is 11.6 Å². The molecule has 0 saturated carbocycles. The number of aliphatic hydroxyl groups is 4. The maximum absolute atomic E-state index is 10.6. The summed E-state index contributed by atoms with van der Waals surface area (Å²) in [5.41, 5.74) is 4.15. The van der Waals surface area contributed by atoms with Crippen LogP contribution in [0.5, 0.6) is 0 Å². The summed E-state index contributed by atoms with van der Waals surface area (Å²) in [5, 5.41) is 42.5. The van der Waals surface area contributed by atoms with Crippen LogP contribution < -0.4 is 0 Å². The minimum absolute atomic E-state index is 0.360. The SMILES string of the molecule is C/C=C\C1=C(C)c2cc3c(cc2C1(O)O)C(=C/C)/C(=C\C)C3(O)O. The van der Waals surface area contributed by atoms with E-state index in [1.165, 1.54) is 0 Å². The van der Waals surface area contributed by atoms with E-state index in [0.717, 1.165) is 0 Å². The summed E-state index contributed by atoms with van der Waals surface area (Å²) in [5.74, 6) is -4.18. The van der Waals surface area contributed by atoms with E-state index in [-0.39, 0.29) is 0 Å². The second kappa shape index (κ2) is 5.26. The van der Waals surface area contributed by atoms with Gasteiger partial charge in [0.25, 0.3) is 0 Å². The number of hydrogen-bond acceptors (Lipinski definition) is 4. The van der Waals surface area contributed by atoms with Crippen molar-refractivity contribution in [3.63, 3.8) is 0 Å². The van der Waals surface area contributed by atoms with Crippen molar-refractivity contribution in [2.45, 2.75) is 39.3 Å². The molecule has 0 saturated heterocycles. The van der Waals surface area contributed by atoms with Gasteiger partial charge in [-0.25, -0.2) is 0 Å². The lowest BCUT2D eigenvalue weighted by atomic mass is 9.95. The van der Waals surface area contributed by atoms with E-state index in [1.54, 1.807) is 50.3 Å². The maximum Gasteiger partial charge on any atom is 0.218 e. The van der Waals surface area contributed by atoms with Crippen molar-refractivity contribution in [1.29, 1.82) is 0 Å². The van der Waals surface area contributed by atoms with Crippen molar-refractivity contribution < 1.29 is 20.4 Å². The molecule has 0 fully saturated rings. The quantitative estimate of drug-likeness (QED) is 0.598. The highest BCUT2D eigenvalue weighted by Gasteiger charge is 2.46. The largest absolute Gasteiger partial charge is 0.358 e. The highest BCUT2D eigenvalue weighted by molar-refractivity contribution is 5.91. The Balaban J connectivity index is 2.35. The van der Waals surface area contributed by atoms with Crippen LogP contribution >= 0.6 is 0 Å². The molecule has 0 heterocycles. The molecule has 0 aliphatic heterocycles. The maximum atomic E-state index is 10.6. The fourth-order valence-electron chi connectivity index (χ4n) is 3.81. The normalized spacial score (nSPS) is 24.3. The molecule has 0 amide bonds. The van der Waals surface area contributed by atoms with Gasteiger partial charge in [-0.1, -0.05) is 24.3 Å². The molecule has 0 aromatic heterocycles. The Kier molecular flexibility index (Phi) is 3.70. The van der Waals surface area contributed by atoms with E-state index in [9.17, 15) is 20.4 Å². The van der Waals surface area contributed by atoms with Crippen molar-refractivity contribution in [2.75, 3.05) is 0 Å². The van der Waals surface area contributed by atoms with Gasteiger partial charge >= 0.3 is 0 Å². The van der Waals surface area contributed by atoms with Gasteiger partial charge < -0.3 is 20.4 Å². The second-order valence-corrected chi connectivity index (χ2v) is 6.23. The van der Waals surface area contributed by atoms with Crippen molar-refractivity contribution in [2.24, 2.45) is 0 Å². The van der Waals surface area contributed by atoms with Crippen LogP contribution in [-0.4, -0.2) is 20.4 Å². The molecule has 0 spiro atoms. The average Bonchev–Trinajstić information content (AvgIpc) is 2.86. The standard InChI is InChI=1S/C20H22O4/c1-5-8-16-11(4)13-9-18-14(10-17(13)20(16,23)24)12(6-2)15(7-3)19(18,21)22/h5-10,21-24H,1-4H3/b8-5-,12-6-,15-7+. The first-order valence-corrected chi connectivity index (χ1v) is 7.98. The van der Waals surface area contributed by atoms with Crippen LogP contribution in [0.1, 0.15) is 49.9 Å². The highest BCUT2D eigenvalue weighted by atomic mass is 16.5. The highest BCUT2D eigenvalue weighted by Crippen LogP contribution is 2.52. The summed E-state index contributed by atoms with van der Waals surface area (Å²) in [7, 11) is 0. The number of allylic oxidation sites excluding steroid dienone is 4. The molecule has 2 aliphatic carbocycles. The van der Waals surface area contributed by atoms with Gasteiger partial charge in [0.2, 0.25) is 11.6 Å². The Morgan fingerprint density at radius 1 is 0.833 bits per heavy atom. The van der Waals surface area contributed by atoms with Crippen LogP contribution in [0.25, 0.3) is 11.1 Å². The summed E-state index contributed by atoms with van der Waals surface area (Å²) in [6.45, 7) is 7.17. The summed E-state index contributed by atoms with van der Waals surface area (Å²) >= 11 is 0. The monoisotopic (exact) mass is 326 g/mol. The number of rotatable bonds is 1. The van der Waals surface area contributed by atoms with Crippen molar-refractivity contribution in [1.82, 2.24) is 0 Å². The van der Waals surface area contributed by atoms with Crippen LogP contribution in [0, 0.1) is 0 Å². The molecule has 24 heavy (non-hydrogen) atoms. The summed E-state index contributed by atoms with van der Waals surface area (Å²) < 4.78 is 0. The molecule has 4 nitrogen and oxygen atoms in total. The molecule has 1 aromatic rings. The van der Waals surface area contributed by atoms with Gasteiger partial charge in [-0.15, -0.1) is 0 Å². The molecule has 0 unspecified atom stereocenters. The molecule has 4 N–H and O–H groups in total. The third-order valence-corrected chi connectivity index (χ3v) is 4.96. The van der Waals surface area contributed by atoms with Gasteiger partial charge in [0.1, 0.15) is 0 Å². The summed E-state index contributed by atoms with van der Waals surface area (Å²) in [4.78, 5) is 0. The first kappa shape index (κ1) is 16.9. The Labute approximate surface area is 141 Å². The average molecular weight is 326 g/mol. The fourth-order valence-corrected chi connectivity index (χ4v) is 3.81. The molecule has 0 atom stereocenters. The van der Waals surface area contributed by atoms with E-state index in [2.05, 4.69) is 0 Å². The number of hydrogen-bond donors (Lipinski definition) is 4. The van der Waals surface area contributed by atoms with Crippen LogP contribution in [0.3, 0.4) is 0 Å². The first-order valence-electron chi connectivity index (χ1n) is 7.98. The smallest absolute Gasteiger partial charge is 0.218 e. The zero-order valence-corrected chi connectivity index (χ0v) is 14.3. The Morgan fingerprint density at radius 3 is 1.96 bits per heavy atom. The van der Waals surface area contributed by atoms with E-state index in [1.807, 2.05) is 13.8 Å². The van der Waals surface area contributed by atoms with Gasteiger partial charge in [0, 0.05) is 22.3 Å². The third-order valence-electron chi connectivity index (χ3n) is 4.96. The minimum Gasteiger partial charge on any atom is -0.358 e. The fraction of sp³-hybridized carbons (Fsp3) is 0.300. The predicted octanol–water partition coefficient (Wildman–Crippen LogP) is 2.69. The molecule has 2 aliphatic rings. The Morgan fingerprint density at radius 2 is 1.42 bits per heavy atom. The summed E-state index contributed by atoms with van der Waals surface area (Å²) in [6.07, 6.45) is 6.88. The first-order chi connectivity index (χ1) is 11.2. The zero-order chi connectivity index (χ0) is 17.9. The molecule has 4 heteroatoms. The molecule has 3 rings (SSSR count). The van der Waals surface area contributed by atoms with E-state index >= 15 is 0 Å². The molecule has 1 aromatic carbocycles.